The Morgan fingerprint density at radius 2 is 1.93 bits per heavy atom. The van der Waals surface area contributed by atoms with E-state index >= 15 is 0 Å². The lowest BCUT2D eigenvalue weighted by Gasteiger charge is -2.30. The SMILES string of the molecule is C=CCOC(=O)C1=C(C)Nc2c(c(=O)[nH]c(=O)n2CC)C1c1ccc(C)cc1. The highest BCUT2D eigenvalue weighted by Gasteiger charge is 2.36. The highest BCUT2D eigenvalue weighted by Crippen LogP contribution is 2.40. The van der Waals surface area contributed by atoms with Gasteiger partial charge in [0.15, 0.2) is 0 Å². The zero-order valence-electron chi connectivity index (χ0n) is 16.2. The van der Waals surface area contributed by atoms with Crippen LogP contribution in [0.4, 0.5) is 5.82 Å². The lowest BCUT2D eigenvalue weighted by molar-refractivity contribution is -0.138. The average Bonchev–Trinajstić information content (AvgIpc) is 2.66. The van der Waals surface area contributed by atoms with Crippen molar-refractivity contribution in [2.24, 2.45) is 0 Å². The fourth-order valence-corrected chi connectivity index (χ4v) is 3.47. The number of ether oxygens (including phenoxy) is 1. The summed E-state index contributed by atoms with van der Waals surface area (Å²) in [5.41, 5.74) is 2.01. The molecule has 0 aliphatic carbocycles. The van der Waals surface area contributed by atoms with E-state index in [9.17, 15) is 14.4 Å². The molecule has 1 aromatic carbocycles. The maximum atomic E-state index is 12.8. The van der Waals surface area contributed by atoms with Gasteiger partial charge in [0.05, 0.1) is 17.1 Å². The molecule has 1 aromatic heterocycles. The number of carbonyl (C=O) groups excluding carboxylic acids is 1. The summed E-state index contributed by atoms with van der Waals surface area (Å²) in [5, 5.41) is 3.08. The van der Waals surface area contributed by atoms with Gasteiger partial charge in [0.25, 0.3) is 5.56 Å². The lowest BCUT2D eigenvalue weighted by atomic mass is 9.82. The Hall–Kier alpha value is -3.35. The van der Waals surface area contributed by atoms with Crippen LogP contribution in [0.2, 0.25) is 0 Å². The third kappa shape index (κ3) is 3.31. The van der Waals surface area contributed by atoms with E-state index in [0.717, 1.165) is 11.1 Å². The summed E-state index contributed by atoms with van der Waals surface area (Å²) in [6.07, 6.45) is 1.49. The predicted molar refractivity (Wildman–Crippen MR) is 107 cm³/mol. The first kappa shape index (κ1) is 19.4. The number of hydrogen-bond acceptors (Lipinski definition) is 5. The Morgan fingerprint density at radius 1 is 1.25 bits per heavy atom. The molecule has 28 heavy (non-hydrogen) atoms. The molecule has 0 amide bonds. The van der Waals surface area contributed by atoms with Gasteiger partial charge >= 0.3 is 11.7 Å². The maximum Gasteiger partial charge on any atom is 0.337 e. The molecule has 0 radical (unpaired) electrons. The quantitative estimate of drug-likeness (QED) is 0.613. The molecule has 2 aromatic rings. The molecule has 7 nitrogen and oxygen atoms in total. The Morgan fingerprint density at radius 3 is 2.54 bits per heavy atom. The normalized spacial score (nSPS) is 15.6. The molecule has 3 rings (SSSR count). The molecular formula is C21H23N3O4. The van der Waals surface area contributed by atoms with Gasteiger partial charge in [0, 0.05) is 12.2 Å². The zero-order valence-corrected chi connectivity index (χ0v) is 16.2. The van der Waals surface area contributed by atoms with Gasteiger partial charge in [-0.2, -0.15) is 0 Å². The van der Waals surface area contributed by atoms with E-state index in [4.69, 9.17) is 4.74 Å². The van der Waals surface area contributed by atoms with Gasteiger partial charge in [0.1, 0.15) is 12.4 Å². The van der Waals surface area contributed by atoms with E-state index in [2.05, 4.69) is 16.9 Å². The summed E-state index contributed by atoms with van der Waals surface area (Å²) < 4.78 is 6.73. The second-order valence-corrected chi connectivity index (χ2v) is 6.66. The molecule has 146 valence electrons. The standard InChI is InChI=1S/C21H23N3O4/c1-5-11-28-20(26)15-13(4)22-18-17(19(25)23-21(27)24(18)6-2)16(15)14-9-7-12(3)8-10-14/h5,7-10,16,22H,1,6,11H2,2-4H3,(H,23,25,27). The van der Waals surface area contributed by atoms with E-state index in [1.807, 2.05) is 38.1 Å². The first-order chi connectivity index (χ1) is 13.4. The Balaban J connectivity index is 2.30. The largest absolute Gasteiger partial charge is 0.458 e. The van der Waals surface area contributed by atoms with E-state index in [0.29, 0.717) is 29.2 Å². The first-order valence-electron chi connectivity index (χ1n) is 9.08. The molecule has 0 spiro atoms. The van der Waals surface area contributed by atoms with E-state index in [1.54, 1.807) is 6.92 Å². The van der Waals surface area contributed by atoms with Crippen LogP contribution in [0.25, 0.3) is 0 Å². The van der Waals surface area contributed by atoms with Crippen molar-refractivity contribution in [3.63, 3.8) is 0 Å². The van der Waals surface area contributed by atoms with Crippen molar-refractivity contribution in [1.29, 1.82) is 0 Å². The average molecular weight is 381 g/mol. The van der Waals surface area contributed by atoms with Crippen molar-refractivity contribution < 1.29 is 9.53 Å². The first-order valence-corrected chi connectivity index (χ1v) is 9.08. The van der Waals surface area contributed by atoms with Crippen LogP contribution in [0.1, 0.15) is 36.5 Å². The van der Waals surface area contributed by atoms with Gasteiger partial charge < -0.3 is 10.1 Å². The van der Waals surface area contributed by atoms with Gasteiger partial charge in [0.2, 0.25) is 0 Å². The van der Waals surface area contributed by atoms with Crippen molar-refractivity contribution in [3.05, 3.63) is 85.7 Å². The second kappa shape index (κ2) is 7.72. The van der Waals surface area contributed by atoms with E-state index in [-0.39, 0.29) is 6.61 Å². The molecule has 0 fully saturated rings. The van der Waals surface area contributed by atoms with Crippen molar-refractivity contribution in [2.75, 3.05) is 11.9 Å². The number of aryl methyl sites for hydroxylation is 1. The van der Waals surface area contributed by atoms with Crippen LogP contribution in [-0.2, 0) is 16.1 Å². The summed E-state index contributed by atoms with van der Waals surface area (Å²) in [4.78, 5) is 40.2. The van der Waals surface area contributed by atoms with Crippen LogP contribution in [0, 0.1) is 6.92 Å². The highest BCUT2D eigenvalue weighted by molar-refractivity contribution is 5.94. The van der Waals surface area contributed by atoms with Crippen molar-refractivity contribution in [3.8, 4) is 0 Å². The predicted octanol–water partition coefficient (Wildman–Crippen LogP) is 2.43. The van der Waals surface area contributed by atoms with Crippen LogP contribution in [0.5, 0.6) is 0 Å². The number of H-pyrrole nitrogens is 1. The maximum absolute atomic E-state index is 12.8. The molecule has 1 atom stereocenters. The second-order valence-electron chi connectivity index (χ2n) is 6.66. The minimum atomic E-state index is -0.656. The third-order valence-electron chi connectivity index (χ3n) is 4.80. The molecule has 2 heterocycles. The summed E-state index contributed by atoms with van der Waals surface area (Å²) >= 11 is 0. The number of rotatable bonds is 5. The molecule has 1 aliphatic heterocycles. The molecule has 0 saturated carbocycles. The van der Waals surface area contributed by atoms with Crippen LogP contribution in [0.3, 0.4) is 0 Å². The highest BCUT2D eigenvalue weighted by atomic mass is 16.5. The number of allylic oxidation sites excluding steroid dienone is 1. The number of anilines is 1. The summed E-state index contributed by atoms with van der Waals surface area (Å²) in [6, 6.07) is 7.60. The van der Waals surface area contributed by atoms with Crippen molar-refractivity contribution in [2.45, 2.75) is 33.2 Å². The van der Waals surface area contributed by atoms with Gasteiger partial charge in [-0.3, -0.25) is 14.3 Å². The molecule has 1 unspecified atom stereocenters. The minimum Gasteiger partial charge on any atom is -0.458 e. The van der Waals surface area contributed by atoms with Crippen LogP contribution < -0.4 is 16.6 Å². The zero-order chi connectivity index (χ0) is 20.4. The molecule has 7 heteroatoms. The Bertz CT molecular complexity index is 1070. The number of aromatic amines is 1. The third-order valence-corrected chi connectivity index (χ3v) is 4.80. The van der Waals surface area contributed by atoms with E-state index in [1.165, 1.54) is 10.6 Å². The number of carbonyl (C=O) groups is 1. The van der Waals surface area contributed by atoms with E-state index < -0.39 is 23.1 Å². The number of fused-ring (bicyclic) bond motifs is 1. The fraction of sp³-hybridized carbons (Fsp3) is 0.286. The van der Waals surface area contributed by atoms with Crippen molar-refractivity contribution in [1.82, 2.24) is 9.55 Å². The van der Waals surface area contributed by atoms with Gasteiger partial charge in [-0.05, 0) is 26.3 Å². The monoisotopic (exact) mass is 381 g/mol. The number of hydrogen-bond donors (Lipinski definition) is 2. The molecule has 1 aliphatic rings. The van der Waals surface area contributed by atoms with Crippen LogP contribution in [0.15, 0.2) is 57.8 Å². The summed E-state index contributed by atoms with van der Waals surface area (Å²) in [6.45, 7) is 9.51. The Kier molecular flexibility index (Phi) is 5.35. The van der Waals surface area contributed by atoms with Crippen molar-refractivity contribution >= 4 is 11.8 Å². The smallest absolute Gasteiger partial charge is 0.337 e. The number of nitrogens with zero attached hydrogens (tertiary/aromatic N) is 1. The lowest BCUT2D eigenvalue weighted by Crippen LogP contribution is -2.39. The summed E-state index contributed by atoms with van der Waals surface area (Å²) in [5.74, 6) is -0.786. The van der Waals surface area contributed by atoms with Gasteiger partial charge in [-0.25, -0.2) is 9.59 Å². The molecule has 2 N–H and O–H groups in total. The van der Waals surface area contributed by atoms with Crippen LogP contribution in [-0.4, -0.2) is 22.1 Å². The summed E-state index contributed by atoms with van der Waals surface area (Å²) in [7, 11) is 0. The molecule has 0 bridgehead atoms. The molecular weight excluding hydrogens is 358 g/mol. The fourth-order valence-electron chi connectivity index (χ4n) is 3.47. The van der Waals surface area contributed by atoms with Gasteiger partial charge in [-0.15, -0.1) is 0 Å². The number of nitrogens with one attached hydrogen (secondary N) is 2. The number of benzene rings is 1. The number of aromatic nitrogens is 2. The Labute approximate surface area is 162 Å². The van der Waals surface area contributed by atoms with Crippen LogP contribution >= 0.6 is 0 Å². The number of esters is 1. The van der Waals surface area contributed by atoms with Gasteiger partial charge in [-0.1, -0.05) is 42.5 Å². The molecule has 0 saturated heterocycles. The topological polar surface area (TPSA) is 93.2 Å². The minimum absolute atomic E-state index is 0.0634.